The number of allylic oxidation sites excluding steroid dienone is 4. The van der Waals surface area contributed by atoms with Gasteiger partial charge in [0, 0.05) is 8.07 Å². The van der Waals surface area contributed by atoms with Gasteiger partial charge in [-0.15, -0.1) is 6.92 Å². The van der Waals surface area contributed by atoms with Crippen LogP contribution in [-0.2, 0) is 18.6 Å². The maximum Gasteiger partial charge on any atom is 4.00 e. The summed E-state index contributed by atoms with van der Waals surface area (Å²) >= 11 is 0. The van der Waals surface area contributed by atoms with Gasteiger partial charge < -0.3 is 37.2 Å². The van der Waals surface area contributed by atoms with E-state index in [0.29, 0.717) is 0 Å². The predicted molar refractivity (Wildman–Crippen MR) is 48.5 cm³/mol. The van der Waals surface area contributed by atoms with Crippen LogP contribution in [0.4, 0.5) is 0 Å². The fourth-order valence-corrected chi connectivity index (χ4v) is 3.31. The Hall–Kier alpha value is 1.15. The molecule has 0 heterocycles. The average Bonchev–Trinajstić information content (AvgIpc) is 2.11. The minimum absolute atomic E-state index is 0. The maximum absolute atomic E-state index is 3.36. The number of halogens is 3. The normalized spacial score (nSPS) is 13.4. The van der Waals surface area contributed by atoms with Crippen molar-refractivity contribution < 1.29 is 55.8 Å². The Labute approximate surface area is 119 Å². The van der Waals surface area contributed by atoms with Gasteiger partial charge in [0.15, 0.2) is 0 Å². The molecule has 0 aromatic rings. The number of hydrogen-bond acceptors (Lipinski definition) is 0. The first kappa shape index (κ1) is 24.4. The second kappa shape index (κ2) is 9.38. The van der Waals surface area contributed by atoms with Gasteiger partial charge in [-0.2, -0.15) is 6.08 Å². The van der Waals surface area contributed by atoms with E-state index in [9.17, 15) is 0 Å². The Balaban J connectivity index is -0.000000125. The molecule has 1 aliphatic carbocycles. The summed E-state index contributed by atoms with van der Waals surface area (Å²) < 4.78 is 0. The molecule has 81 valence electrons. The van der Waals surface area contributed by atoms with Gasteiger partial charge in [-0.1, -0.05) is 26.1 Å². The van der Waals surface area contributed by atoms with E-state index in [0.717, 1.165) is 6.42 Å². The molecule has 5 heteroatoms. The van der Waals surface area contributed by atoms with Gasteiger partial charge in [0.05, 0.1) is 0 Å². The quantitative estimate of drug-likeness (QED) is 0.334. The first-order chi connectivity index (χ1) is 4.52. The van der Waals surface area contributed by atoms with Crippen molar-refractivity contribution in [3.63, 3.8) is 0 Å². The van der Waals surface area contributed by atoms with Gasteiger partial charge >= 0.3 is 18.6 Å². The molecule has 0 N–H and O–H groups in total. The van der Waals surface area contributed by atoms with Crippen LogP contribution in [-0.4, -0.2) is 8.07 Å². The van der Waals surface area contributed by atoms with E-state index < -0.39 is 8.07 Å². The van der Waals surface area contributed by atoms with E-state index in [-0.39, 0.29) is 55.8 Å². The van der Waals surface area contributed by atoms with Gasteiger partial charge in [0.25, 0.3) is 0 Å². The zero-order valence-corrected chi connectivity index (χ0v) is 13.5. The second-order valence-electron chi connectivity index (χ2n) is 3.96. The molecule has 1 rings (SSSR count). The molecule has 0 unspecified atom stereocenters. The maximum atomic E-state index is 3.36. The number of hydrogen-bond donors (Lipinski definition) is 0. The van der Waals surface area contributed by atoms with Crippen molar-refractivity contribution in [1.29, 1.82) is 0 Å². The van der Waals surface area contributed by atoms with Crippen molar-refractivity contribution >= 4 is 8.07 Å². The molecule has 0 spiro atoms. The van der Waals surface area contributed by atoms with Crippen LogP contribution < -0.4 is 37.2 Å². The molecule has 0 nitrogen and oxygen atoms in total. The van der Waals surface area contributed by atoms with E-state index in [1.807, 2.05) is 0 Å². The van der Waals surface area contributed by atoms with Crippen LogP contribution >= 0.6 is 0 Å². The largest absolute Gasteiger partial charge is 4.00 e. The molecule has 0 aliphatic heterocycles. The zero-order chi connectivity index (χ0) is 7.78. The minimum Gasteiger partial charge on any atom is -1.00 e. The molecule has 14 heavy (non-hydrogen) atoms. The first-order valence-electron chi connectivity index (χ1n) is 3.80. The molecule has 0 saturated carbocycles. The average molecular weight is 309 g/mol. The van der Waals surface area contributed by atoms with Crippen LogP contribution in [0, 0.1) is 6.08 Å². The molecule has 0 aromatic carbocycles. The molecule has 0 bridgehead atoms. The van der Waals surface area contributed by atoms with Crippen molar-refractivity contribution in [1.82, 2.24) is 0 Å². The molecule has 0 saturated heterocycles. The third kappa shape index (κ3) is 6.60. The van der Waals surface area contributed by atoms with Crippen molar-refractivity contribution in [2.24, 2.45) is 0 Å². The summed E-state index contributed by atoms with van der Waals surface area (Å²) in [4.78, 5) is 0. The van der Waals surface area contributed by atoms with E-state index >= 15 is 0 Å². The van der Waals surface area contributed by atoms with Gasteiger partial charge in [-0.25, -0.2) is 10.8 Å². The summed E-state index contributed by atoms with van der Waals surface area (Å²) in [5.74, 6) is 0. The fraction of sp³-hybridized carbons (Fsp3) is 0.556. The van der Waals surface area contributed by atoms with Gasteiger partial charge in [0.1, 0.15) is 0 Å². The monoisotopic (exact) mass is 307 g/mol. The van der Waals surface area contributed by atoms with Crippen LogP contribution in [0.15, 0.2) is 16.8 Å². The minimum atomic E-state index is -1.05. The molecular formula is C9H15Cl3SiV. The summed E-state index contributed by atoms with van der Waals surface area (Å²) in [6.45, 7) is 9.35. The van der Waals surface area contributed by atoms with E-state index in [1.165, 1.54) is 5.20 Å². The Bertz CT molecular complexity index is 207. The van der Waals surface area contributed by atoms with E-state index in [4.69, 9.17) is 0 Å². The third-order valence-corrected chi connectivity index (χ3v) is 3.90. The number of rotatable bonds is 1. The van der Waals surface area contributed by atoms with Crippen LogP contribution in [0.2, 0.25) is 19.6 Å². The summed E-state index contributed by atoms with van der Waals surface area (Å²) in [5, 5.41) is 1.53. The Morgan fingerprint density at radius 2 is 1.57 bits per heavy atom. The van der Waals surface area contributed by atoms with Crippen molar-refractivity contribution in [2.75, 3.05) is 0 Å². The molecular weight excluding hydrogens is 293 g/mol. The summed E-state index contributed by atoms with van der Waals surface area (Å²) in [6, 6.07) is 0. The molecule has 1 aliphatic rings. The Morgan fingerprint density at radius 1 is 1.14 bits per heavy atom. The van der Waals surface area contributed by atoms with Crippen LogP contribution in [0.5, 0.6) is 0 Å². The van der Waals surface area contributed by atoms with Crippen LogP contribution in [0.1, 0.15) is 13.3 Å². The second-order valence-corrected chi connectivity index (χ2v) is 8.96. The van der Waals surface area contributed by atoms with Gasteiger partial charge in [-0.3, -0.25) is 6.08 Å². The SMILES string of the molecule is CC1=C([Si](C)(C)C)[C-]=CC1.[Cl-].[Cl-].[Cl-].[V+4]. The summed E-state index contributed by atoms with van der Waals surface area (Å²) in [5.41, 5.74) is 1.54. The summed E-state index contributed by atoms with van der Waals surface area (Å²) in [6.07, 6.45) is 6.66. The van der Waals surface area contributed by atoms with Crippen LogP contribution in [0.25, 0.3) is 0 Å². The molecule has 0 fully saturated rings. The van der Waals surface area contributed by atoms with Crippen molar-refractivity contribution in [3.05, 3.63) is 22.9 Å². The van der Waals surface area contributed by atoms with Crippen molar-refractivity contribution in [2.45, 2.75) is 33.0 Å². The molecule has 0 atom stereocenters. The Kier molecular flexibility index (Phi) is 16.4. The van der Waals surface area contributed by atoms with Crippen molar-refractivity contribution in [3.8, 4) is 0 Å². The standard InChI is InChI=1S/C9H15Si.3ClH.V/c1-8-6-5-7-9(8)10(2,3)4;;;;/h5H,6H2,1-4H3;3*1H;/q-1;;;;+4/p-3. The topological polar surface area (TPSA) is 0 Å². The first-order valence-corrected chi connectivity index (χ1v) is 7.30. The zero-order valence-electron chi connectivity index (χ0n) is 8.87. The van der Waals surface area contributed by atoms with E-state index in [2.05, 4.69) is 38.7 Å². The van der Waals surface area contributed by atoms with E-state index in [1.54, 1.807) is 5.57 Å². The molecule has 1 radical (unpaired) electrons. The predicted octanol–water partition coefficient (Wildman–Crippen LogP) is -6.05. The molecule has 0 amide bonds. The Morgan fingerprint density at radius 3 is 1.71 bits per heavy atom. The van der Waals surface area contributed by atoms with Crippen LogP contribution in [0.3, 0.4) is 0 Å². The third-order valence-electron chi connectivity index (χ3n) is 1.83. The smallest absolute Gasteiger partial charge is 1.00 e. The van der Waals surface area contributed by atoms with Gasteiger partial charge in [0.2, 0.25) is 0 Å². The van der Waals surface area contributed by atoms with Gasteiger partial charge in [-0.05, 0) is 0 Å². The fourth-order valence-electron chi connectivity index (χ4n) is 1.39. The molecule has 0 aromatic heterocycles. The summed E-state index contributed by atoms with van der Waals surface area (Å²) in [7, 11) is -1.05.